The van der Waals surface area contributed by atoms with Gasteiger partial charge in [0, 0.05) is 11.4 Å². The van der Waals surface area contributed by atoms with E-state index in [1.807, 2.05) is 0 Å². The topological polar surface area (TPSA) is 81.1 Å². The van der Waals surface area contributed by atoms with E-state index in [1.165, 1.54) is 6.07 Å². The second kappa shape index (κ2) is 5.38. The third-order valence-corrected chi connectivity index (χ3v) is 3.25. The molecule has 0 radical (unpaired) electrons. The summed E-state index contributed by atoms with van der Waals surface area (Å²) in [6.07, 6.45) is 0. The molecule has 0 aliphatic carbocycles. The van der Waals surface area contributed by atoms with Crippen LogP contribution in [0.4, 0.5) is 17.1 Å². The maximum atomic E-state index is 11.4. The van der Waals surface area contributed by atoms with E-state index in [1.54, 1.807) is 30.3 Å². The molecule has 98 valence electrons. The second-order valence-corrected chi connectivity index (χ2v) is 4.74. The van der Waals surface area contributed by atoms with Gasteiger partial charge in [0.25, 0.3) is 5.91 Å². The Morgan fingerprint density at radius 3 is 2.42 bits per heavy atom. The molecule has 19 heavy (non-hydrogen) atoms. The van der Waals surface area contributed by atoms with Crippen molar-refractivity contribution < 1.29 is 4.79 Å². The number of nitrogens with two attached hydrogens (primary N) is 2. The molecule has 1 amide bonds. The number of hydrogen-bond acceptors (Lipinski definition) is 3. The van der Waals surface area contributed by atoms with Crippen LogP contribution in [0.2, 0.25) is 10.0 Å². The smallest absolute Gasteiger partial charge is 0.250 e. The summed E-state index contributed by atoms with van der Waals surface area (Å²) in [5, 5.41) is 3.93. The molecule has 4 nitrogen and oxygen atoms in total. The van der Waals surface area contributed by atoms with Crippen LogP contribution in [0.1, 0.15) is 10.4 Å². The Morgan fingerprint density at radius 2 is 1.79 bits per heavy atom. The summed E-state index contributed by atoms with van der Waals surface area (Å²) >= 11 is 11.8. The van der Waals surface area contributed by atoms with Gasteiger partial charge in [0.15, 0.2) is 0 Å². The Balaban J connectivity index is 2.37. The highest BCUT2D eigenvalue weighted by molar-refractivity contribution is 6.42. The lowest BCUT2D eigenvalue weighted by atomic mass is 10.1. The van der Waals surface area contributed by atoms with Crippen molar-refractivity contribution in [3.05, 3.63) is 52.0 Å². The minimum absolute atomic E-state index is 0.311. The third-order valence-electron chi connectivity index (χ3n) is 2.51. The first-order valence-electron chi connectivity index (χ1n) is 5.39. The molecule has 6 heteroatoms. The molecule has 0 unspecified atom stereocenters. The summed E-state index contributed by atoms with van der Waals surface area (Å²) in [5.41, 5.74) is 13.0. The molecule has 0 bridgehead atoms. The number of carbonyl (C=O) groups is 1. The lowest BCUT2D eigenvalue weighted by Crippen LogP contribution is -2.13. The number of rotatable bonds is 3. The number of carbonyl (C=O) groups excluding carboxylic acids is 1. The minimum Gasteiger partial charge on any atom is -0.399 e. The zero-order valence-electron chi connectivity index (χ0n) is 9.78. The SMILES string of the molecule is NC(=O)c1cc(N)ccc1Nc1ccc(Cl)c(Cl)c1. The summed E-state index contributed by atoms with van der Waals surface area (Å²) in [7, 11) is 0. The maximum Gasteiger partial charge on any atom is 0.250 e. The molecule has 0 heterocycles. The number of benzene rings is 2. The fraction of sp³-hybridized carbons (Fsp3) is 0. The van der Waals surface area contributed by atoms with Crippen molar-refractivity contribution >= 4 is 46.2 Å². The van der Waals surface area contributed by atoms with Gasteiger partial charge in [0.05, 0.1) is 21.3 Å². The van der Waals surface area contributed by atoms with Gasteiger partial charge in [0.2, 0.25) is 0 Å². The van der Waals surface area contributed by atoms with Crippen molar-refractivity contribution in [2.24, 2.45) is 5.73 Å². The zero-order chi connectivity index (χ0) is 14.0. The Morgan fingerprint density at radius 1 is 1.05 bits per heavy atom. The van der Waals surface area contributed by atoms with E-state index < -0.39 is 5.91 Å². The van der Waals surface area contributed by atoms with Crippen LogP contribution in [0.15, 0.2) is 36.4 Å². The fourth-order valence-electron chi connectivity index (χ4n) is 1.60. The van der Waals surface area contributed by atoms with E-state index in [2.05, 4.69) is 5.32 Å². The highest BCUT2D eigenvalue weighted by atomic mass is 35.5. The number of nitrogens with one attached hydrogen (secondary N) is 1. The summed E-state index contributed by atoms with van der Waals surface area (Å²) < 4.78 is 0. The van der Waals surface area contributed by atoms with Crippen LogP contribution >= 0.6 is 23.2 Å². The second-order valence-electron chi connectivity index (χ2n) is 3.92. The van der Waals surface area contributed by atoms with Crippen LogP contribution in [-0.2, 0) is 0 Å². The van der Waals surface area contributed by atoms with Gasteiger partial charge in [-0.2, -0.15) is 0 Å². The quantitative estimate of drug-likeness (QED) is 0.759. The predicted molar refractivity (Wildman–Crippen MR) is 79.1 cm³/mol. The molecule has 0 saturated heterocycles. The van der Waals surface area contributed by atoms with Crippen molar-refractivity contribution in [3.8, 4) is 0 Å². The van der Waals surface area contributed by atoms with Crippen molar-refractivity contribution in [1.82, 2.24) is 0 Å². The van der Waals surface area contributed by atoms with Crippen LogP contribution in [0.5, 0.6) is 0 Å². The van der Waals surface area contributed by atoms with Crippen LogP contribution in [0.25, 0.3) is 0 Å². The molecule has 5 N–H and O–H groups in total. The van der Waals surface area contributed by atoms with Gasteiger partial charge in [0.1, 0.15) is 0 Å². The Hall–Kier alpha value is -1.91. The monoisotopic (exact) mass is 295 g/mol. The van der Waals surface area contributed by atoms with E-state index in [0.29, 0.717) is 32.7 Å². The molecule has 0 aliphatic rings. The number of halogens is 2. The molecule has 0 spiro atoms. The van der Waals surface area contributed by atoms with E-state index in [0.717, 1.165) is 0 Å². The van der Waals surface area contributed by atoms with Gasteiger partial charge in [-0.15, -0.1) is 0 Å². The van der Waals surface area contributed by atoms with E-state index >= 15 is 0 Å². The third kappa shape index (κ3) is 3.10. The van der Waals surface area contributed by atoms with Crippen LogP contribution < -0.4 is 16.8 Å². The first-order chi connectivity index (χ1) is 8.97. The fourth-order valence-corrected chi connectivity index (χ4v) is 1.90. The first kappa shape index (κ1) is 13.5. The molecule has 0 fully saturated rings. The molecule has 2 aromatic carbocycles. The molecular weight excluding hydrogens is 285 g/mol. The number of primary amides is 1. The number of nitrogen functional groups attached to an aromatic ring is 1. The van der Waals surface area contributed by atoms with Crippen molar-refractivity contribution in [3.63, 3.8) is 0 Å². The van der Waals surface area contributed by atoms with E-state index in [4.69, 9.17) is 34.7 Å². The van der Waals surface area contributed by atoms with E-state index in [-0.39, 0.29) is 0 Å². The largest absolute Gasteiger partial charge is 0.399 e. The summed E-state index contributed by atoms with van der Waals surface area (Å²) in [6.45, 7) is 0. The Bertz CT molecular complexity index is 644. The lowest BCUT2D eigenvalue weighted by Gasteiger charge is -2.11. The molecular formula is C13H11Cl2N3O. The van der Waals surface area contributed by atoms with Crippen LogP contribution in [0.3, 0.4) is 0 Å². The van der Waals surface area contributed by atoms with Gasteiger partial charge in [-0.3, -0.25) is 4.79 Å². The normalized spacial score (nSPS) is 10.2. The molecule has 2 aromatic rings. The maximum absolute atomic E-state index is 11.4. The number of anilines is 3. The summed E-state index contributed by atoms with van der Waals surface area (Å²) in [6, 6.07) is 9.93. The molecule has 0 atom stereocenters. The van der Waals surface area contributed by atoms with Gasteiger partial charge in [-0.25, -0.2) is 0 Å². The van der Waals surface area contributed by atoms with Crippen molar-refractivity contribution in [1.29, 1.82) is 0 Å². The van der Waals surface area contributed by atoms with Crippen molar-refractivity contribution in [2.75, 3.05) is 11.1 Å². The zero-order valence-corrected chi connectivity index (χ0v) is 11.3. The van der Waals surface area contributed by atoms with Crippen molar-refractivity contribution in [2.45, 2.75) is 0 Å². The molecule has 2 rings (SSSR count). The lowest BCUT2D eigenvalue weighted by molar-refractivity contribution is 0.100. The first-order valence-corrected chi connectivity index (χ1v) is 6.14. The highest BCUT2D eigenvalue weighted by Crippen LogP contribution is 2.28. The average Bonchev–Trinajstić information content (AvgIpc) is 2.36. The number of amides is 1. The minimum atomic E-state index is -0.560. The average molecular weight is 296 g/mol. The molecule has 0 aliphatic heterocycles. The van der Waals surface area contributed by atoms with Gasteiger partial charge in [-0.1, -0.05) is 23.2 Å². The predicted octanol–water partition coefficient (Wildman–Crippen LogP) is 3.42. The van der Waals surface area contributed by atoms with Crippen LogP contribution in [-0.4, -0.2) is 5.91 Å². The summed E-state index contributed by atoms with van der Waals surface area (Å²) in [5.74, 6) is -0.560. The highest BCUT2D eigenvalue weighted by Gasteiger charge is 2.09. The molecule has 0 saturated carbocycles. The Kier molecular flexibility index (Phi) is 3.83. The van der Waals surface area contributed by atoms with E-state index in [9.17, 15) is 4.79 Å². The van der Waals surface area contributed by atoms with Gasteiger partial charge < -0.3 is 16.8 Å². The van der Waals surface area contributed by atoms with Gasteiger partial charge >= 0.3 is 0 Å². The summed E-state index contributed by atoms with van der Waals surface area (Å²) in [4.78, 5) is 11.4. The van der Waals surface area contributed by atoms with Crippen LogP contribution in [0, 0.1) is 0 Å². The number of hydrogen-bond donors (Lipinski definition) is 3. The standard InChI is InChI=1S/C13H11Cl2N3O/c14-10-3-2-8(6-11(10)15)18-12-4-1-7(16)5-9(12)13(17)19/h1-6,18H,16H2,(H2,17,19). The Labute approximate surface area is 120 Å². The molecule has 0 aromatic heterocycles. The van der Waals surface area contributed by atoms with Gasteiger partial charge in [-0.05, 0) is 36.4 Å².